The van der Waals surface area contributed by atoms with Gasteiger partial charge in [-0.15, -0.1) is 0 Å². The van der Waals surface area contributed by atoms with E-state index in [1.807, 2.05) is 0 Å². The fourth-order valence-electron chi connectivity index (χ4n) is 2.43. The Hall–Kier alpha value is -0.200. The summed E-state index contributed by atoms with van der Waals surface area (Å²) in [7, 11) is 2.19. The summed E-state index contributed by atoms with van der Waals surface area (Å²) in [5.41, 5.74) is 0. The lowest BCUT2D eigenvalue weighted by Crippen LogP contribution is -2.28. The van der Waals surface area contributed by atoms with Gasteiger partial charge < -0.3 is 24.4 Å². The summed E-state index contributed by atoms with van der Waals surface area (Å²) < 4.78 is 16.4. The molecule has 1 fully saturated rings. The molecule has 0 aromatic heterocycles. The molecule has 0 aromatic rings. The van der Waals surface area contributed by atoms with Gasteiger partial charge in [-0.1, -0.05) is 13.3 Å². The molecular formula is C16H34N2O3. The van der Waals surface area contributed by atoms with Crippen molar-refractivity contribution in [3.8, 4) is 0 Å². The van der Waals surface area contributed by atoms with Gasteiger partial charge >= 0.3 is 0 Å². The second kappa shape index (κ2) is 13.5. The summed E-state index contributed by atoms with van der Waals surface area (Å²) in [6, 6.07) is 0. The Morgan fingerprint density at radius 2 is 1.67 bits per heavy atom. The molecule has 21 heavy (non-hydrogen) atoms. The maximum absolute atomic E-state index is 5.53. The molecule has 1 rings (SSSR count). The molecule has 1 atom stereocenters. The van der Waals surface area contributed by atoms with E-state index in [9.17, 15) is 0 Å². The van der Waals surface area contributed by atoms with Crippen LogP contribution in [0.4, 0.5) is 0 Å². The number of hydrogen-bond acceptors (Lipinski definition) is 5. The molecular weight excluding hydrogens is 268 g/mol. The third kappa shape index (κ3) is 11.1. The lowest BCUT2D eigenvalue weighted by molar-refractivity contribution is 0.0146. The third-order valence-electron chi connectivity index (χ3n) is 3.73. The number of rotatable bonds is 14. The molecule has 0 amide bonds. The maximum atomic E-state index is 5.53. The average molecular weight is 302 g/mol. The second-order valence-corrected chi connectivity index (χ2v) is 5.81. The van der Waals surface area contributed by atoms with Gasteiger partial charge in [0.25, 0.3) is 0 Å². The first-order chi connectivity index (χ1) is 10.3. The first-order valence-corrected chi connectivity index (χ1v) is 8.45. The van der Waals surface area contributed by atoms with E-state index in [1.54, 1.807) is 0 Å². The minimum absolute atomic E-state index is 0.657. The van der Waals surface area contributed by atoms with Crippen LogP contribution in [0.1, 0.15) is 26.2 Å². The van der Waals surface area contributed by atoms with Gasteiger partial charge in [0.1, 0.15) is 0 Å². The van der Waals surface area contributed by atoms with E-state index in [0.29, 0.717) is 26.4 Å². The molecule has 0 aromatic carbocycles. The highest BCUT2D eigenvalue weighted by molar-refractivity contribution is 4.74. The van der Waals surface area contributed by atoms with Crippen molar-refractivity contribution in [2.24, 2.45) is 5.92 Å². The summed E-state index contributed by atoms with van der Waals surface area (Å²) in [5.74, 6) is 0.811. The molecule has 0 radical (unpaired) electrons. The van der Waals surface area contributed by atoms with Crippen LogP contribution in [0.15, 0.2) is 0 Å². The molecule has 1 N–H and O–H groups in total. The van der Waals surface area contributed by atoms with Gasteiger partial charge in [0.2, 0.25) is 0 Å². The second-order valence-electron chi connectivity index (χ2n) is 5.81. The van der Waals surface area contributed by atoms with E-state index in [1.165, 1.54) is 25.9 Å². The zero-order valence-electron chi connectivity index (χ0n) is 13.9. The van der Waals surface area contributed by atoms with Crippen LogP contribution in [0.2, 0.25) is 0 Å². The summed E-state index contributed by atoms with van der Waals surface area (Å²) in [5, 5.41) is 3.47. The standard InChI is InChI=1S/C16H34N2O3/c1-3-4-8-19-10-12-21-13-11-20-9-6-17-14-16-5-7-18(2)15-16/h16-17H,3-15H2,1-2H3. The van der Waals surface area contributed by atoms with Gasteiger partial charge in [0.05, 0.1) is 33.0 Å². The van der Waals surface area contributed by atoms with Crippen LogP contribution in [-0.4, -0.2) is 77.8 Å². The van der Waals surface area contributed by atoms with E-state index in [-0.39, 0.29) is 0 Å². The Morgan fingerprint density at radius 1 is 1.00 bits per heavy atom. The van der Waals surface area contributed by atoms with E-state index in [0.717, 1.165) is 38.6 Å². The minimum Gasteiger partial charge on any atom is -0.379 e. The van der Waals surface area contributed by atoms with Crippen molar-refractivity contribution < 1.29 is 14.2 Å². The van der Waals surface area contributed by atoms with Gasteiger partial charge in [-0.25, -0.2) is 0 Å². The Balaban J connectivity index is 1.69. The Bertz CT molecular complexity index is 230. The highest BCUT2D eigenvalue weighted by Crippen LogP contribution is 2.12. The fraction of sp³-hybridized carbons (Fsp3) is 1.00. The molecule has 126 valence electrons. The van der Waals surface area contributed by atoms with Crippen LogP contribution in [0, 0.1) is 5.92 Å². The number of likely N-dealkylation sites (tertiary alicyclic amines) is 1. The van der Waals surface area contributed by atoms with E-state index in [4.69, 9.17) is 14.2 Å². The van der Waals surface area contributed by atoms with Crippen LogP contribution in [0.25, 0.3) is 0 Å². The number of unbranched alkanes of at least 4 members (excludes halogenated alkanes) is 1. The van der Waals surface area contributed by atoms with Crippen LogP contribution in [0.5, 0.6) is 0 Å². The first kappa shape index (κ1) is 18.8. The normalized spacial score (nSPS) is 19.4. The topological polar surface area (TPSA) is 43.0 Å². The lowest BCUT2D eigenvalue weighted by Gasteiger charge is -2.11. The number of ether oxygens (including phenoxy) is 3. The quantitative estimate of drug-likeness (QED) is 0.491. The average Bonchev–Trinajstić information content (AvgIpc) is 2.89. The van der Waals surface area contributed by atoms with Crippen molar-refractivity contribution in [3.63, 3.8) is 0 Å². The molecule has 1 saturated heterocycles. The Morgan fingerprint density at radius 3 is 2.29 bits per heavy atom. The number of hydrogen-bond donors (Lipinski definition) is 1. The van der Waals surface area contributed by atoms with Crippen LogP contribution >= 0.6 is 0 Å². The van der Waals surface area contributed by atoms with Gasteiger partial charge in [0.15, 0.2) is 0 Å². The van der Waals surface area contributed by atoms with Gasteiger partial charge in [0, 0.05) is 19.7 Å². The molecule has 1 unspecified atom stereocenters. The fourth-order valence-corrected chi connectivity index (χ4v) is 2.43. The van der Waals surface area contributed by atoms with Crippen molar-refractivity contribution in [1.29, 1.82) is 0 Å². The minimum atomic E-state index is 0.657. The van der Waals surface area contributed by atoms with E-state index < -0.39 is 0 Å². The van der Waals surface area contributed by atoms with Crippen molar-refractivity contribution in [3.05, 3.63) is 0 Å². The molecule has 0 bridgehead atoms. The number of nitrogens with zero attached hydrogens (tertiary/aromatic N) is 1. The molecule has 5 heteroatoms. The van der Waals surface area contributed by atoms with Crippen molar-refractivity contribution in [2.75, 3.05) is 72.9 Å². The largest absolute Gasteiger partial charge is 0.379 e. The SMILES string of the molecule is CCCCOCCOCCOCCNCC1CCN(C)C1. The van der Waals surface area contributed by atoms with Gasteiger partial charge in [-0.05, 0) is 38.9 Å². The highest BCUT2D eigenvalue weighted by atomic mass is 16.5. The predicted octanol–water partition coefficient (Wildman–Crippen LogP) is 1.38. The van der Waals surface area contributed by atoms with Crippen LogP contribution in [-0.2, 0) is 14.2 Å². The van der Waals surface area contributed by atoms with E-state index in [2.05, 4.69) is 24.2 Å². The highest BCUT2D eigenvalue weighted by Gasteiger charge is 2.18. The zero-order valence-corrected chi connectivity index (χ0v) is 13.9. The maximum Gasteiger partial charge on any atom is 0.0701 e. The molecule has 0 spiro atoms. The van der Waals surface area contributed by atoms with Crippen molar-refractivity contribution in [2.45, 2.75) is 26.2 Å². The van der Waals surface area contributed by atoms with Gasteiger partial charge in [-0.2, -0.15) is 0 Å². The summed E-state index contributed by atoms with van der Waals surface area (Å²) >= 11 is 0. The summed E-state index contributed by atoms with van der Waals surface area (Å²) in [4.78, 5) is 2.39. The third-order valence-corrected chi connectivity index (χ3v) is 3.73. The number of nitrogens with one attached hydrogen (secondary N) is 1. The molecule has 1 heterocycles. The molecule has 0 saturated carbocycles. The van der Waals surface area contributed by atoms with Gasteiger partial charge in [-0.3, -0.25) is 0 Å². The summed E-state index contributed by atoms with van der Waals surface area (Å²) in [6.45, 7) is 11.0. The smallest absolute Gasteiger partial charge is 0.0701 e. The van der Waals surface area contributed by atoms with E-state index >= 15 is 0 Å². The molecule has 0 aliphatic carbocycles. The molecule has 1 aliphatic heterocycles. The lowest BCUT2D eigenvalue weighted by atomic mass is 10.1. The van der Waals surface area contributed by atoms with Crippen molar-refractivity contribution >= 4 is 0 Å². The van der Waals surface area contributed by atoms with Crippen LogP contribution < -0.4 is 5.32 Å². The first-order valence-electron chi connectivity index (χ1n) is 8.45. The zero-order chi connectivity index (χ0) is 15.2. The molecule has 5 nitrogen and oxygen atoms in total. The van der Waals surface area contributed by atoms with Crippen molar-refractivity contribution in [1.82, 2.24) is 10.2 Å². The molecule has 1 aliphatic rings. The van der Waals surface area contributed by atoms with Crippen LogP contribution in [0.3, 0.4) is 0 Å². The Kier molecular flexibility index (Phi) is 12.1. The monoisotopic (exact) mass is 302 g/mol. The summed E-state index contributed by atoms with van der Waals surface area (Å²) in [6.07, 6.45) is 3.63. The Labute approximate surface area is 130 Å². The predicted molar refractivity (Wildman–Crippen MR) is 85.8 cm³/mol.